The maximum atomic E-state index is 6.02. The molecule has 0 unspecified atom stereocenters. The molecule has 0 aliphatic carbocycles. The Hall–Kier alpha value is -1.02. The van der Waals surface area contributed by atoms with E-state index in [1.807, 2.05) is 0 Å². The first kappa shape index (κ1) is 16.4. The van der Waals surface area contributed by atoms with Gasteiger partial charge in [0.15, 0.2) is 0 Å². The van der Waals surface area contributed by atoms with Gasteiger partial charge in [-0.1, -0.05) is 45.6 Å². The van der Waals surface area contributed by atoms with Crippen LogP contribution in [0.3, 0.4) is 0 Å². The quantitative estimate of drug-likeness (QED) is 0.767. The van der Waals surface area contributed by atoms with Crippen LogP contribution in [0, 0.1) is 5.92 Å². The summed E-state index contributed by atoms with van der Waals surface area (Å²) >= 11 is 0. The van der Waals surface area contributed by atoms with Gasteiger partial charge in [-0.25, -0.2) is 0 Å². The first-order valence-corrected chi connectivity index (χ1v) is 8.78. The molecule has 1 aromatic rings. The largest absolute Gasteiger partial charge is 0.494 e. The first-order chi connectivity index (χ1) is 10.3. The van der Waals surface area contributed by atoms with E-state index in [9.17, 15) is 0 Å². The summed E-state index contributed by atoms with van der Waals surface area (Å²) in [5, 5.41) is 3.46. The summed E-state index contributed by atoms with van der Waals surface area (Å²) in [4.78, 5) is 0. The first-order valence-electron chi connectivity index (χ1n) is 8.78. The van der Waals surface area contributed by atoms with Crippen molar-refractivity contribution in [2.75, 3.05) is 19.7 Å². The van der Waals surface area contributed by atoms with E-state index in [0.717, 1.165) is 44.2 Å². The fourth-order valence-electron chi connectivity index (χ4n) is 3.33. The van der Waals surface area contributed by atoms with Crippen LogP contribution in [0.25, 0.3) is 0 Å². The molecule has 1 aliphatic rings. The Balaban J connectivity index is 1.84. The van der Waals surface area contributed by atoms with Crippen LogP contribution in [0.15, 0.2) is 18.2 Å². The van der Waals surface area contributed by atoms with Crippen LogP contribution < -0.4 is 10.1 Å². The smallest absolute Gasteiger partial charge is 0.119 e. The number of hydrogen-bond donors (Lipinski definition) is 1. The van der Waals surface area contributed by atoms with Crippen molar-refractivity contribution in [1.29, 1.82) is 0 Å². The zero-order valence-electron chi connectivity index (χ0n) is 13.8. The van der Waals surface area contributed by atoms with Crippen LogP contribution in [0.5, 0.6) is 5.75 Å². The van der Waals surface area contributed by atoms with E-state index in [1.54, 1.807) is 0 Å². The predicted molar refractivity (Wildman–Crippen MR) is 90.1 cm³/mol. The molecule has 21 heavy (non-hydrogen) atoms. The number of benzene rings is 1. The molecule has 1 aromatic carbocycles. The fourth-order valence-corrected chi connectivity index (χ4v) is 3.33. The molecule has 0 spiro atoms. The van der Waals surface area contributed by atoms with Gasteiger partial charge >= 0.3 is 0 Å². The van der Waals surface area contributed by atoms with Gasteiger partial charge in [0.1, 0.15) is 5.75 Å². The van der Waals surface area contributed by atoms with Crippen molar-refractivity contribution in [3.05, 3.63) is 29.3 Å². The number of nitrogens with one attached hydrogen (secondary N) is 1. The minimum Gasteiger partial charge on any atom is -0.494 e. The van der Waals surface area contributed by atoms with Crippen LogP contribution in [0.1, 0.15) is 57.1 Å². The highest BCUT2D eigenvalue weighted by Gasteiger charge is 2.10. The molecular formula is C19H31NO. The van der Waals surface area contributed by atoms with Crippen LogP contribution >= 0.6 is 0 Å². The minimum atomic E-state index is 0.838. The maximum Gasteiger partial charge on any atom is 0.119 e. The fraction of sp³-hybridized carbons (Fsp3) is 0.684. The summed E-state index contributed by atoms with van der Waals surface area (Å²) in [5.41, 5.74) is 2.96. The Bertz CT molecular complexity index is 410. The van der Waals surface area contributed by atoms with Gasteiger partial charge in [0, 0.05) is 0 Å². The Labute approximate surface area is 130 Å². The Morgan fingerprint density at radius 1 is 1.00 bits per heavy atom. The molecule has 0 saturated heterocycles. The minimum absolute atomic E-state index is 0.838. The van der Waals surface area contributed by atoms with Gasteiger partial charge in [-0.15, -0.1) is 0 Å². The van der Waals surface area contributed by atoms with Gasteiger partial charge in [-0.05, 0) is 61.5 Å². The highest BCUT2D eigenvalue weighted by Crippen LogP contribution is 2.22. The summed E-state index contributed by atoms with van der Waals surface area (Å²) in [6.07, 6.45) is 8.72. The monoisotopic (exact) mass is 289 g/mol. The van der Waals surface area contributed by atoms with Crippen molar-refractivity contribution >= 4 is 0 Å². The summed E-state index contributed by atoms with van der Waals surface area (Å²) in [6, 6.07) is 6.67. The van der Waals surface area contributed by atoms with Crippen molar-refractivity contribution in [2.24, 2.45) is 5.92 Å². The molecule has 0 radical (unpaired) electrons. The lowest BCUT2D eigenvalue weighted by Crippen LogP contribution is -2.16. The Morgan fingerprint density at radius 2 is 1.71 bits per heavy atom. The third kappa shape index (κ3) is 5.35. The molecule has 118 valence electrons. The number of fused-ring (bicyclic) bond motifs is 1. The number of ether oxygens (including phenoxy) is 1. The van der Waals surface area contributed by atoms with Crippen molar-refractivity contribution in [3.63, 3.8) is 0 Å². The van der Waals surface area contributed by atoms with Crippen LogP contribution in [-0.4, -0.2) is 19.7 Å². The molecule has 1 N–H and O–H groups in total. The molecule has 0 bridgehead atoms. The van der Waals surface area contributed by atoms with Crippen LogP contribution in [0.4, 0.5) is 0 Å². The normalized spacial score (nSPS) is 14.8. The standard InChI is InChI=1S/C19H31NO/c1-3-5-16(6-4-2)11-14-21-19-8-7-17-9-12-20-13-10-18(17)15-19/h7-8,15-16,20H,3-6,9-14H2,1-2H3. The van der Waals surface area contributed by atoms with Gasteiger partial charge in [-0.3, -0.25) is 0 Å². The summed E-state index contributed by atoms with van der Waals surface area (Å²) < 4.78 is 6.02. The van der Waals surface area contributed by atoms with Crippen LogP contribution in [0.2, 0.25) is 0 Å². The molecule has 2 rings (SSSR count). The summed E-state index contributed by atoms with van der Waals surface area (Å²) in [7, 11) is 0. The van der Waals surface area contributed by atoms with Crippen LogP contribution in [-0.2, 0) is 12.8 Å². The molecule has 0 saturated carbocycles. The van der Waals surface area contributed by atoms with E-state index in [4.69, 9.17) is 4.74 Å². The zero-order chi connectivity index (χ0) is 14.9. The molecule has 1 heterocycles. The summed E-state index contributed by atoms with van der Waals surface area (Å²) in [5.74, 6) is 1.90. The van der Waals surface area contributed by atoms with E-state index >= 15 is 0 Å². The van der Waals surface area contributed by atoms with Gasteiger partial charge in [-0.2, -0.15) is 0 Å². The number of hydrogen-bond acceptors (Lipinski definition) is 2. The van der Waals surface area contributed by atoms with E-state index < -0.39 is 0 Å². The molecule has 0 fully saturated rings. The van der Waals surface area contributed by atoms with E-state index in [2.05, 4.69) is 37.4 Å². The average Bonchev–Trinajstić information content (AvgIpc) is 2.72. The lowest BCUT2D eigenvalue weighted by molar-refractivity contribution is 0.264. The highest BCUT2D eigenvalue weighted by atomic mass is 16.5. The zero-order valence-corrected chi connectivity index (χ0v) is 13.8. The predicted octanol–water partition coefficient (Wildman–Crippen LogP) is 4.36. The van der Waals surface area contributed by atoms with Gasteiger partial charge in [0.05, 0.1) is 6.61 Å². The third-order valence-corrected chi connectivity index (χ3v) is 4.51. The van der Waals surface area contributed by atoms with Gasteiger partial charge < -0.3 is 10.1 Å². The SMILES string of the molecule is CCCC(CCC)CCOc1ccc2c(c1)CCNCC2. The molecular weight excluding hydrogens is 258 g/mol. The summed E-state index contributed by atoms with van der Waals surface area (Å²) in [6.45, 7) is 7.62. The molecule has 0 atom stereocenters. The second kappa shape index (κ2) is 9.09. The maximum absolute atomic E-state index is 6.02. The van der Waals surface area contributed by atoms with E-state index in [0.29, 0.717) is 0 Å². The molecule has 1 aliphatic heterocycles. The lowest BCUT2D eigenvalue weighted by atomic mass is 9.95. The Kier molecular flexibility index (Phi) is 7.08. The van der Waals surface area contributed by atoms with E-state index in [1.165, 1.54) is 43.2 Å². The Morgan fingerprint density at radius 3 is 2.43 bits per heavy atom. The van der Waals surface area contributed by atoms with Crippen molar-refractivity contribution in [2.45, 2.75) is 58.8 Å². The van der Waals surface area contributed by atoms with Crippen molar-refractivity contribution in [1.82, 2.24) is 5.32 Å². The van der Waals surface area contributed by atoms with E-state index in [-0.39, 0.29) is 0 Å². The van der Waals surface area contributed by atoms with Crippen molar-refractivity contribution in [3.8, 4) is 5.75 Å². The lowest BCUT2D eigenvalue weighted by Gasteiger charge is -2.16. The molecule has 2 nitrogen and oxygen atoms in total. The molecule has 0 amide bonds. The second-order valence-electron chi connectivity index (χ2n) is 6.26. The average molecular weight is 289 g/mol. The number of rotatable bonds is 8. The van der Waals surface area contributed by atoms with Crippen molar-refractivity contribution < 1.29 is 4.74 Å². The molecule has 0 aromatic heterocycles. The second-order valence-corrected chi connectivity index (χ2v) is 6.26. The van der Waals surface area contributed by atoms with Gasteiger partial charge in [0.25, 0.3) is 0 Å². The highest BCUT2D eigenvalue weighted by molar-refractivity contribution is 5.36. The van der Waals surface area contributed by atoms with Gasteiger partial charge in [0.2, 0.25) is 0 Å². The topological polar surface area (TPSA) is 21.3 Å². The molecule has 2 heteroatoms. The third-order valence-electron chi connectivity index (χ3n) is 4.51.